The van der Waals surface area contributed by atoms with Crippen molar-refractivity contribution in [2.24, 2.45) is 0 Å². The van der Waals surface area contributed by atoms with Gasteiger partial charge in [0.1, 0.15) is 0 Å². The molecule has 0 aliphatic heterocycles. The van der Waals surface area contributed by atoms with E-state index in [4.69, 9.17) is 9.47 Å². The molecule has 0 radical (unpaired) electrons. The van der Waals surface area contributed by atoms with E-state index >= 15 is 0 Å². The van der Waals surface area contributed by atoms with Crippen LogP contribution in [-0.4, -0.2) is 24.1 Å². The Morgan fingerprint density at radius 2 is 1.11 bits per heavy atom. The van der Waals surface area contributed by atoms with Crippen LogP contribution in [0.15, 0.2) is 0 Å². The number of rotatable bonds is 4. The SMILES string of the molecule is COc1c(C)c(C)c(OC)c([N+](=O)[O-])c1[N+](=O)[O-]. The smallest absolute Gasteiger partial charge is 0.391 e. The highest BCUT2D eigenvalue weighted by Gasteiger charge is 2.38. The minimum atomic E-state index is -0.841. The van der Waals surface area contributed by atoms with Crippen molar-refractivity contribution >= 4 is 11.4 Å². The van der Waals surface area contributed by atoms with Crippen molar-refractivity contribution in [1.82, 2.24) is 0 Å². The summed E-state index contributed by atoms with van der Waals surface area (Å²) in [6, 6.07) is 0. The number of nitrogens with zero attached hydrogens (tertiary/aromatic N) is 2. The van der Waals surface area contributed by atoms with Gasteiger partial charge in [-0.2, -0.15) is 0 Å². The van der Waals surface area contributed by atoms with Crippen LogP contribution in [0.3, 0.4) is 0 Å². The van der Waals surface area contributed by atoms with Crippen LogP contribution < -0.4 is 9.47 Å². The summed E-state index contributed by atoms with van der Waals surface area (Å²) >= 11 is 0. The first-order valence-electron chi connectivity index (χ1n) is 4.90. The van der Waals surface area contributed by atoms with Crippen LogP contribution in [0.25, 0.3) is 0 Å². The summed E-state index contributed by atoms with van der Waals surface area (Å²) in [5, 5.41) is 22.0. The molecule has 1 aromatic carbocycles. The Bertz CT molecular complexity index is 479. The Morgan fingerprint density at radius 3 is 1.28 bits per heavy atom. The van der Waals surface area contributed by atoms with E-state index in [9.17, 15) is 20.2 Å². The molecule has 8 nitrogen and oxygen atoms in total. The third-order valence-electron chi connectivity index (χ3n) is 2.67. The fourth-order valence-corrected chi connectivity index (χ4v) is 1.75. The van der Waals surface area contributed by atoms with E-state index in [1.165, 1.54) is 14.2 Å². The highest BCUT2D eigenvalue weighted by atomic mass is 16.6. The molecule has 0 aliphatic rings. The standard InChI is InChI=1S/C10H12N2O6/c1-5-6(2)10(18-4)8(12(15)16)7(11(13)14)9(5)17-3/h1-4H3. The van der Waals surface area contributed by atoms with Crippen molar-refractivity contribution in [2.45, 2.75) is 13.8 Å². The van der Waals surface area contributed by atoms with E-state index in [-0.39, 0.29) is 11.5 Å². The topological polar surface area (TPSA) is 105 Å². The Labute approximate surface area is 102 Å². The molecule has 0 aliphatic carbocycles. The molecule has 0 amide bonds. The third-order valence-corrected chi connectivity index (χ3v) is 2.67. The van der Waals surface area contributed by atoms with Crippen LogP contribution in [0.2, 0.25) is 0 Å². The average molecular weight is 256 g/mol. The maximum atomic E-state index is 11.0. The molecule has 1 aromatic rings. The van der Waals surface area contributed by atoms with E-state index in [2.05, 4.69) is 0 Å². The number of hydrogen-bond donors (Lipinski definition) is 0. The molecule has 0 N–H and O–H groups in total. The molecule has 0 heterocycles. The van der Waals surface area contributed by atoms with Gasteiger partial charge in [-0.15, -0.1) is 0 Å². The van der Waals surface area contributed by atoms with Crippen molar-refractivity contribution in [3.8, 4) is 11.5 Å². The zero-order valence-corrected chi connectivity index (χ0v) is 10.3. The molecule has 0 spiro atoms. The lowest BCUT2D eigenvalue weighted by Gasteiger charge is -2.12. The second-order valence-electron chi connectivity index (χ2n) is 3.53. The van der Waals surface area contributed by atoms with E-state index in [1.54, 1.807) is 13.8 Å². The molecule has 8 heteroatoms. The van der Waals surface area contributed by atoms with Gasteiger partial charge in [-0.1, -0.05) is 0 Å². The Balaban J connectivity index is 3.90. The first-order chi connectivity index (χ1) is 8.36. The van der Waals surface area contributed by atoms with E-state index in [0.29, 0.717) is 11.1 Å². The minimum Gasteiger partial charge on any atom is -0.490 e. The fourth-order valence-electron chi connectivity index (χ4n) is 1.75. The highest BCUT2D eigenvalue weighted by molar-refractivity contribution is 5.74. The van der Waals surface area contributed by atoms with Gasteiger partial charge in [-0.3, -0.25) is 20.2 Å². The number of ether oxygens (including phenoxy) is 2. The fraction of sp³-hybridized carbons (Fsp3) is 0.400. The lowest BCUT2D eigenvalue weighted by molar-refractivity contribution is -0.423. The molecule has 1 rings (SSSR count). The molecule has 0 unspecified atom stereocenters. The average Bonchev–Trinajstić information content (AvgIpc) is 2.30. The summed E-state index contributed by atoms with van der Waals surface area (Å²) < 4.78 is 9.81. The number of nitro benzene ring substituents is 2. The Hall–Kier alpha value is -2.38. The highest BCUT2D eigenvalue weighted by Crippen LogP contribution is 2.47. The van der Waals surface area contributed by atoms with Crippen molar-refractivity contribution in [3.05, 3.63) is 31.4 Å². The monoisotopic (exact) mass is 256 g/mol. The van der Waals surface area contributed by atoms with Crippen LogP contribution >= 0.6 is 0 Å². The van der Waals surface area contributed by atoms with Gasteiger partial charge in [-0.05, 0) is 13.8 Å². The molecular formula is C10H12N2O6. The van der Waals surface area contributed by atoms with Gasteiger partial charge in [-0.25, -0.2) is 0 Å². The van der Waals surface area contributed by atoms with Gasteiger partial charge in [0.05, 0.1) is 24.1 Å². The van der Waals surface area contributed by atoms with Crippen LogP contribution in [0.4, 0.5) is 11.4 Å². The number of hydrogen-bond acceptors (Lipinski definition) is 6. The minimum absolute atomic E-state index is 0.120. The summed E-state index contributed by atoms with van der Waals surface area (Å²) in [4.78, 5) is 20.3. The normalized spacial score (nSPS) is 10.0. The molecule has 0 saturated carbocycles. The summed E-state index contributed by atoms with van der Waals surface area (Å²) in [6.45, 7) is 3.15. The number of methoxy groups -OCH3 is 2. The maximum Gasteiger partial charge on any atom is 0.391 e. The van der Waals surface area contributed by atoms with E-state index < -0.39 is 21.2 Å². The lowest BCUT2D eigenvalue weighted by Crippen LogP contribution is -2.05. The van der Waals surface area contributed by atoms with Gasteiger partial charge < -0.3 is 9.47 Å². The number of benzene rings is 1. The molecular weight excluding hydrogens is 244 g/mol. The van der Waals surface area contributed by atoms with Crippen molar-refractivity contribution in [1.29, 1.82) is 0 Å². The Kier molecular flexibility index (Phi) is 3.70. The van der Waals surface area contributed by atoms with Crippen LogP contribution in [-0.2, 0) is 0 Å². The summed E-state index contributed by atoms with van der Waals surface area (Å²) in [7, 11) is 2.45. The molecule has 0 aromatic heterocycles. The zero-order chi connectivity index (χ0) is 14.0. The van der Waals surface area contributed by atoms with Crippen LogP contribution in [0.1, 0.15) is 11.1 Å². The second-order valence-corrected chi connectivity index (χ2v) is 3.53. The number of nitro groups is 2. The second kappa shape index (κ2) is 4.86. The summed E-state index contributed by atoms with van der Waals surface area (Å²) in [6.07, 6.45) is 0. The molecule has 0 bridgehead atoms. The largest absolute Gasteiger partial charge is 0.490 e. The molecule has 18 heavy (non-hydrogen) atoms. The van der Waals surface area contributed by atoms with Crippen LogP contribution in [0.5, 0.6) is 11.5 Å². The van der Waals surface area contributed by atoms with Gasteiger partial charge >= 0.3 is 11.4 Å². The predicted molar refractivity (Wildman–Crippen MR) is 62.3 cm³/mol. The van der Waals surface area contributed by atoms with Crippen molar-refractivity contribution < 1.29 is 19.3 Å². The van der Waals surface area contributed by atoms with Gasteiger partial charge in [0.25, 0.3) is 0 Å². The van der Waals surface area contributed by atoms with Gasteiger partial charge in [0.2, 0.25) is 11.5 Å². The third kappa shape index (κ3) is 1.92. The quantitative estimate of drug-likeness (QED) is 0.603. The van der Waals surface area contributed by atoms with Crippen LogP contribution in [0, 0.1) is 34.1 Å². The van der Waals surface area contributed by atoms with Crippen molar-refractivity contribution in [3.63, 3.8) is 0 Å². The van der Waals surface area contributed by atoms with E-state index in [0.717, 1.165) is 0 Å². The van der Waals surface area contributed by atoms with Gasteiger partial charge in [0, 0.05) is 11.1 Å². The summed E-state index contributed by atoms with van der Waals surface area (Å²) in [5.41, 5.74) is -0.511. The van der Waals surface area contributed by atoms with E-state index in [1.807, 2.05) is 0 Å². The first kappa shape index (κ1) is 13.7. The maximum absolute atomic E-state index is 11.0. The van der Waals surface area contributed by atoms with Gasteiger partial charge in [0.15, 0.2) is 0 Å². The lowest BCUT2D eigenvalue weighted by atomic mass is 10.0. The predicted octanol–water partition coefficient (Wildman–Crippen LogP) is 2.14. The molecule has 0 fully saturated rings. The Morgan fingerprint density at radius 1 is 0.833 bits per heavy atom. The molecule has 98 valence electrons. The summed E-state index contributed by atoms with van der Waals surface area (Å²) in [5.74, 6) is -0.241. The molecule has 0 atom stereocenters. The first-order valence-corrected chi connectivity index (χ1v) is 4.90. The van der Waals surface area contributed by atoms with Crippen molar-refractivity contribution in [2.75, 3.05) is 14.2 Å². The molecule has 0 saturated heterocycles. The zero-order valence-electron chi connectivity index (χ0n) is 10.3.